The van der Waals surface area contributed by atoms with E-state index in [0.717, 1.165) is 41.8 Å². The number of hydrogen-bond donors (Lipinski definition) is 1. The number of thiophene rings is 1. The molecular formula is C24H27N3O4S. The van der Waals surface area contributed by atoms with Crippen LogP contribution in [0.3, 0.4) is 0 Å². The van der Waals surface area contributed by atoms with Crippen LogP contribution in [0.4, 0.5) is 5.69 Å². The molecule has 0 unspecified atom stereocenters. The molecule has 0 radical (unpaired) electrons. The third-order valence-corrected chi connectivity index (χ3v) is 6.87. The number of esters is 1. The van der Waals surface area contributed by atoms with Crippen LogP contribution in [0.2, 0.25) is 0 Å². The van der Waals surface area contributed by atoms with Crippen molar-refractivity contribution in [3.63, 3.8) is 0 Å². The van der Waals surface area contributed by atoms with Gasteiger partial charge in [0.25, 0.3) is 5.91 Å². The number of aromatic nitrogens is 1. The molecule has 3 aromatic rings. The van der Waals surface area contributed by atoms with Gasteiger partial charge >= 0.3 is 5.97 Å². The van der Waals surface area contributed by atoms with E-state index in [1.165, 1.54) is 18.4 Å². The number of fused-ring (bicyclic) bond motifs is 1. The number of rotatable bonds is 6. The van der Waals surface area contributed by atoms with Gasteiger partial charge in [-0.25, -0.2) is 9.78 Å². The molecule has 1 aliphatic heterocycles. The second kappa shape index (κ2) is 9.36. The summed E-state index contributed by atoms with van der Waals surface area (Å²) in [5.41, 5.74) is 3.87. The number of ether oxygens (including phenoxy) is 2. The van der Waals surface area contributed by atoms with Crippen LogP contribution >= 0.6 is 11.3 Å². The van der Waals surface area contributed by atoms with Crippen molar-refractivity contribution < 1.29 is 19.1 Å². The molecule has 3 heterocycles. The zero-order valence-corrected chi connectivity index (χ0v) is 19.5. The van der Waals surface area contributed by atoms with E-state index in [-0.39, 0.29) is 5.91 Å². The van der Waals surface area contributed by atoms with Crippen LogP contribution in [0.1, 0.15) is 43.3 Å². The number of carbonyl (C=O) groups is 2. The largest absolute Gasteiger partial charge is 0.465 e. The Balaban J connectivity index is 1.65. The van der Waals surface area contributed by atoms with Crippen LogP contribution in [-0.2, 0) is 16.0 Å². The Morgan fingerprint density at radius 2 is 2.09 bits per heavy atom. The quantitative estimate of drug-likeness (QED) is 0.564. The fourth-order valence-electron chi connectivity index (χ4n) is 3.97. The van der Waals surface area contributed by atoms with Crippen LogP contribution in [0.25, 0.3) is 10.2 Å². The van der Waals surface area contributed by atoms with Crippen molar-refractivity contribution in [1.82, 2.24) is 9.88 Å². The Bertz CT molecular complexity index is 1170. The number of pyridine rings is 1. The van der Waals surface area contributed by atoms with E-state index in [9.17, 15) is 9.59 Å². The van der Waals surface area contributed by atoms with Crippen molar-refractivity contribution in [3.05, 3.63) is 57.6 Å². The molecule has 1 fully saturated rings. The minimum atomic E-state index is -0.495. The fourth-order valence-corrected chi connectivity index (χ4v) is 5.03. The number of aryl methyl sites for hydroxylation is 2. The first kappa shape index (κ1) is 22.4. The highest BCUT2D eigenvalue weighted by Crippen LogP contribution is 2.36. The highest BCUT2D eigenvalue weighted by molar-refractivity contribution is 7.21. The molecule has 1 N–H and O–H groups in total. The van der Waals surface area contributed by atoms with E-state index in [1.807, 2.05) is 38.1 Å². The summed E-state index contributed by atoms with van der Waals surface area (Å²) in [4.78, 5) is 33.5. The molecule has 1 aliphatic rings. The topological polar surface area (TPSA) is 80.8 Å². The summed E-state index contributed by atoms with van der Waals surface area (Å²) < 4.78 is 10.4. The average Bonchev–Trinajstić information content (AvgIpc) is 3.41. The number of hydrogen-bond acceptors (Lipinski definition) is 7. The molecule has 1 amide bonds. The maximum Gasteiger partial charge on any atom is 0.350 e. The van der Waals surface area contributed by atoms with E-state index in [2.05, 4.69) is 17.3 Å². The highest BCUT2D eigenvalue weighted by atomic mass is 32.1. The average molecular weight is 454 g/mol. The first-order valence-corrected chi connectivity index (χ1v) is 11.4. The van der Waals surface area contributed by atoms with Crippen LogP contribution in [0.5, 0.6) is 0 Å². The van der Waals surface area contributed by atoms with E-state index < -0.39 is 5.97 Å². The monoisotopic (exact) mass is 453 g/mol. The molecule has 0 saturated carbocycles. The summed E-state index contributed by atoms with van der Waals surface area (Å²) in [5, 5.41) is 3.66. The number of amides is 1. The summed E-state index contributed by atoms with van der Waals surface area (Å²) in [6, 6.07) is 9.89. The molecule has 2 aromatic heterocycles. The molecule has 7 nitrogen and oxygen atoms in total. The van der Waals surface area contributed by atoms with Crippen LogP contribution < -0.4 is 5.32 Å². The zero-order chi connectivity index (χ0) is 22.8. The van der Waals surface area contributed by atoms with Crippen molar-refractivity contribution in [2.45, 2.75) is 32.9 Å². The van der Waals surface area contributed by atoms with Crippen molar-refractivity contribution in [2.75, 3.05) is 32.7 Å². The maximum atomic E-state index is 13.0. The molecule has 1 aromatic carbocycles. The van der Waals surface area contributed by atoms with Crippen molar-refractivity contribution in [1.29, 1.82) is 0 Å². The van der Waals surface area contributed by atoms with Gasteiger partial charge < -0.3 is 14.8 Å². The first-order valence-electron chi connectivity index (χ1n) is 10.5. The smallest absolute Gasteiger partial charge is 0.350 e. The predicted octanol–water partition coefficient (Wildman–Crippen LogP) is 4.17. The number of likely N-dealkylation sites (N-methyl/N-ethyl adjacent to an activating group) is 1. The predicted molar refractivity (Wildman–Crippen MR) is 126 cm³/mol. The zero-order valence-electron chi connectivity index (χ0n) is 18.7. The third-order valence-electron chi connectivity index (χ3n) is 5.79. The number of carbonyl (C=O) groups excluding carboxylic acids is 2. The summed E-state index contributed by atoms with van der Waals surface area (Å²) >= 11 is 1.23. The Morgan fingerprint density at radius 1 is 1.28 bits per heavy atom. The number of methoxy groups -OCH3 is 1. The normalized spacial score (nSPS) is 16.0. The number of nitrogens with one attached hydrogen (secondary N) is 1. The second-order valence-corrected chi connectivity index (χ2v) is 9.16. The van der Waals surface area contributed by atoms with Gasteiger partial charge in [0, 0.05) is 30.1 Å². The number of nitrogens with zero attached hydrogens (tertiary/aromatic N) is 2. The molecule has 1 atom stereocenters. The molecule has 32 heavy (non-hydrogen) atoms. The molecule has 1 saturated heterocycles. The first-order chi connectivity index (χ1) is 15.4. The lowest BCUT2D eigenvalue weighted by molar-refractivity contribution is 0.0607. The standard InChI is InChI=1S/C24H27N3O4S/c1-14-5-7-18(15(2)11-14)22(28)26-20-19-8-6-16(12-27(3)17-9-10-31-13-17)25-23(19)32-21(20)24(29)30-4/h5-8,11,17H,9-10,12-13H2,1-4H3,(H,26,28)/t17-/m0/s1. The Morgan fingerprint density at radius 3 is 2.78 bits per heavy atom. The van der Waals surface area contributed by atoms with E-state index in [1.54, 1.807) is 6.07 Å². The molecule has 0 bridgehead atoms. The van der Waals surface area contributed by atoms with Gasteiger partial charge in [0.1, 0.15) is 9.71 Å². The Hall–Kier alpha value is -2.81. The van der Waals surface area contributed by atoms with E-state index in [0.29, 0.717) is 33.5 Å². The van der Waals surface area contributed by atoms with Crippen LogP contribution in [-0.4, -0.2) is 55.2 Å². The second-order valence-electron chi connectivity index (χ2n) is 8.16. The lowest BCUT2D eigenvalue weighted by atomic mass is 10.1. The van der Waals surface area contributed by atoms with Gasteiger partial charge in [0.2, 0.25) is 0 Å². The van der Waals surface area contributed by atoms with Crippen molar-refractivity contribution in [3.8, 4) is 0 Å². The fraction of sp³-hybridized carbons (Fsp3) is 0.375. The number of anilines is 1. The molecule has 0 spiro atoms. The molecule has 8 heteroatoms. The van der Waals surface area contributed by atoms with Gasteiger partial charge in [-0.2, -0.15) is 0 Å². The molecule has 4 rings (SSSR count). The summed E-state index contributed by atoms with van der Waals surface area (Å²) in [7, 11) is 3.40. The van der Waals surface area contributed by atoms with Crippen molar-refractivity contribution in [2.24, 2.45) is 0 Å². The maximum absolute atomic E-state index is 13.0. The summed E-state index contributed by atoms with van der Waals surface area (Å²) in [6.07, 6.45) is 1.01. The Labute approximate surface area is 191 Å². The van der Waals surface area contributed by atoms with Gasteiger partial charge in [-0.1, -0.05) is 17.7 Å². The molecule has 0 aliphatic carbocycles. The minimum Gasteiger partial charge on any atom is -0.465 e. The minimum absolute atomic E-state index is 0.266. The molecular weight excluding hydrogens is 426 g/mol. The summed E-state index contributed by atoms with van der Waals surface area (Å²) in [5.74, 6) is -0.761. The van der Waals surface area contributed by atoms with Crippen molar-refractivity contribution >= 4 is 39.1 Å². The third kappa shape index (κ3) is 4.53. The van der Waals surface area contributed by atoms with Gasteiger partial charge in [-0.3, -0.25) is 9.69 Å². The SMILES string of the molecule is COC(=O)c1sc2nc(CN(C)[C@H]3CCOC3)ccc2c1NC(=O)c1ccc(C)cc1C. The highest BCUT2D eigenvalue weighted by Gasteiger charge is 2.24. The number of benzene rings is 1. The van der Waals surface area contributed by atoms with E-state index >= 15 is 0 Å². The molecule has 168 valence electrons. The lowest BCUT2D eigenvalue weighted by Gasteiger charge is -2.22. The summed E-state index contributed by atoms with van der Waals surface area (Å²) in [6.45, 7) is 6.09. The van der Waals surface area contributed by atoms with Gasteiger partial charge in [-0.05, 0) is 51.1 Å². The van der Waals surface area contributed by atoms with Crippen LogP contribution in [0, 0.1) is 13.8 Å². The van der Waals surface area contributed by atoms with Crippen LogP contribution in [0.15, 0.2) is 30.3 Å². The van der Waals surface area contributed by atoms with Gasteiger partial charge in [-0.15, -0.1) is 11.3 Å². The lowest BCUT2D eigenvalue weighted by Crippen LogP contribution is -2.31. The Kier molecular flexibility index (Phi) is 6.55. The van der Waals surface area contributed by atoms with E-state index in [4.69, 9.17) is 14.5 Å². The van der Waals surface area contributed by atoms with Gasteiger partial charge in [0.05, 0.1) is 25.1 Å². The van der Waals surface area contributed by atoms with Gasteiger partial charge in [0.15, 0.2) is 0 Å².